The highest BCUT2D eigenvalue weighted by Gasteiger charge is 2.54. The monoisotopic (exact) mass is 340 g/mol. The number of nitrogens with two attached hydrogens (primary N) is 1. The second-order valence-corrected chi connectivity index (χ2v) is 7.56. The molecule has 1 spiro atoms. The topological polar surface area (TPSA) is 72.4 Å². The molecule has 0 aromatic carbocycles. The zero-order chi connectivity index (χ0) is 17.0. The van der Waals surface area contributed by atoms with Crippen molar-refractivity contribution in [2.45, 2.75) is 24.8 Å². The fourth-order valence-corrected chi connectivity index (χ4v) is 4.69. The van der Waals surface area contributed by atoms with E-state index in [1.54, 1.807) is 0 Å². The third-order valence-electron chi connectivity index (χ3n) is 6.00. The van der Waals surface area contributed by atoms with Crippen molar-refractivity contribution in [3.8, 4) is 11.1 Å². The van der Waals surface area contributed by atoms with Gasteiger partial charge in [0.1, 0.15) is 11.4 Å². The molecule has 2 N–H and O–H groups in total. The van der Waals surface area contributed by atoms with E-state index in [0.29, 0.717) is 5.92 Å². The number of pyridine rings is 1. The van der Waals surface area contributed by atoms with Gasteiger partial charge < -0.3 is 14.5 Å². The van der Waals surface area contributed by atoms with E-state index >= 15 is 0 Å². The van der Waals surface area contributed by atoms with E-state index in [1.807, 2.05) is 36.4 Å². The quantitative estimate of drug-likeness (QED) is 0.880. The second-order valence-electron chi connectivity index (χ2n) is 7.56. The van der Waals surface area contributed by atoms with Crippen LogP contribution in [0.4, 0.5) is 5.82 Å². The Morgan fingerprint density at radius 1 is 1.24 bits per heavy atom. The summed E-state index contributed by atoms with van der Waals surface area (Å²) >= 11 is 0. The van der Waals surface area contributed by atoms with Crippen LogP contribution in [-0.4, -0.2) is 57.8 Å². The van der Waals surface area contributed by atoms with Crippen molar-refractivity contribution in [3.05, 3.63) is 30.7 Å². The van der Waals surface area contributed by atoms with Gasteiger partial charge in [0.15, 0.2) is 6.35 Å². The zero-order valence-electron chi connectivity index (χ0n) is 14.5. The van der Waals surface area contributed by atoms with Crippen molar-refractivity contribution in [1.29, 1.82) is 0 Å². The minimum absolute atomic E-state index is 0.137. The molecular weight excluding hydrogens is 316 g/mol. The molecule has 6 heterocycles. The first-order valence-electron chi connectivity index (χ1n) is 9.00. The van der Waals surface area contributed by atoms with Crippen LogP contribution in [0.2, 0.25) is 0 Å². The molecule has 4 aliphatic rings. The van der Waals surface area contributed by atoms with E-state index in [0.717, 1.165) is 30.0 Å². The molecule has 4 fully saturated rings. The summed E-state index contributed by atoms with van der Waals surface area (Å²) in [4.78, 5) is 9.19. The maximum Gasteiger partial charge on any atom is 0.186 e. The molecular formula is C18H24N6O. The normalized spacial score (nSPS) is 34.2. The van der Waals surface area contributed by atoms with E-state index in [-0.39, 0.29) is 5.60 Å². The third-order valence-corrected chi connectivity index (χ3v) is 6.00. The van der Waals surface area contributed by atoms with Crippen LogP contribution < -0.4 is 10.6 Å². The van der Waals surface area contributed by atoms with E-state index in [1.165, 1.54) is 25.9 Å². The first kappa shape index (κ1) is 15.3. The molecule has 0 amide bonds. The van der Waals surface area contributed by atoms with E-state index in [2.05, 4.69) is 25.9 Å². The average Bonchev–Trinajstić information content (AvgIpc) is 3.20. The molecule has 132 valence electrons. The van der Waals surface area contributed by atoms with Crippen molar-refractivity contribution < 1.29 is 4.74 Å². The van der Waals surface area contributed by atoms with Crippen molar-refractivity contribution >= 4 is 5.82 Å². The van der Waals surface area contributed by atoms with Gasteiger partial charge in [-0.15, -0.1) is 0 Å². The van der Waals surface area contributed by atoms with Gasteiger partial charge in [-0.3, -0.25) is 10.4 Å². The molecule has 2 atom stereocenters. The molecule has 2 unspecified atom stereocenters. The highest BCUT2D eigenvalue weighted by atomic mass is 16.6. The number of fused-ring (bicyclic) bond motifs is 2. The number of hydrogen-bond acceptors (Lipinski definition) is 6. The van der Waals surface area contributed by atoms with Crippen molar-refractivity contribution in [2.75, 3.05) is 31.1 Å². The van der Waals surface area contributed by atoms with Gasteiger partial charge in [-0.25, -0.2) is 4.98 Å². The van der Waals surface area contributed by atoms with Crippen LogP contribution in [-0.2, 0) is 11.8 Å². The van der Waals surface area contributed by atoms with E-state index in [4.69, 9.17) is 10.5 Å². The Kier molecular flexibility index (Phi) is 3.38. The number of rotatable bonds is 2. The summed E-state index contributed by atoms with van der Waals surface area (Å²) < 4.78 is 8.15. The second kappa shape index (κ2) is 5.52. The lowest BCUT2D eigenvalue weighted by Crippen LogP contribution is -2.61. The largest absolute Gasteiger partial charge is 0.335 e. The summed E-state index contributed by atoms with van der Waals surface area (Å²) in [6.07, 6.45) is 7.71. The lowest BCUT2D eigenvalue weighted by Gasteiger charge is -2.50. The van der Waals surface area contributed by atoms with Crippen molar-refractivity contribution in [2.24, 2.45) is 18.7 Å². The molecule has 0 saturated carbocycles. The fourth-order valence-electron chi connectivity index (χ4n) is 4.69. The molecule has 0 radical (unpaired) electrons. The Balaban J connectivity index is 1.44. The third kappa shape index (κ3) is 2.46. The Labute approximate surface area is 147 Å². The first-order valence-corrected chi connectivity index (χ1v) is 9.00. The number of aryl methyl sites for hydroxylation is 1. The molecule has 4 aliphatic heterocycles. The van der Waals surface area contributed by atoms with Crippen LogP contribution in [0.25, 0.3) is 11.1 Å². The summed E-state index contributed by atoms with van der Waals surface area (Å²) in [6, 6.07) is 4.09. The van der Waals surface area contributed by atoms with Gasteiger partial charge in [0.2, 0.25) is 0 Å². The molecule has 2 aromatic heterocycles. The molecule has 7 nitrogen and oxygen atoms in total. The highest BCUT2D eigenvalue weighted by Crippen LogP contribution is 2.43. The van der Waals surface area contributed by atoms with E-state index < -0.39 is 6.35 Å². The molecule has 7 heteroatoms. The standard InChI is InChI=1S/C18H24N6O/c1-22-10-14(9-21-22)13-2-5-20-16(8-13)24-12-18(25-17(24)19)11-23-6-3-15(18)4-7-23/h2,5,8-10,15,17H,3-4,6-7,11-12,19H2,1H3. The van der Waals surface area contributed by atoms with Gasteiger partial charge in [0.05, 0.1) is 12.7 Å². The fraction of sp³-hybridized carbons (Fsp3) is 0.556. The van der Waals surface area contributed by atoms with Crippen molar-refractivity contribution in [1.82, 2.24) is 19.7 Å². The number of nitrogens with zero attached hydrogens (tertiary/aromatic N) is 5. The predicted molar refractivity (Wildman–Crippen MR) is 94.7 cm³/mol. The average molecular weight is 340 g/mol. The van der Waals surface area contributed by atoms with Gasteiger partial charge in [0.25, 0.3) is 0 Å². The highest BCUT2D eigenvalue weighted by molar-refractivity contribution is 5.65. The van der Waals surface area contributed by atoms with Gasteiger partial charge in [-0.1, -0.05) is 0 Å². The van der Waals surface area contributed by atoms with Gasteiger partial charge in [0, 0.05) is 31.5 Å². The summed E-state index contributed by atoms with van der Waals surface area (Å²) in [7, 11) is 1.92. The minimum Gasteiger partial charge on any atom is -0.335 e. The maximum absolute atomic E-state index is 6.37. The molecule has 0 aliphatic carbocycles. The Morgan fingerprint density at radius 2 is 2.08 bits per heavy atom. The Bertz CT molecular complexity index is 783. The van der Waals surface area contributed by atoms with Crippen molar-refractivity contribution in [3.63, 3.8) is 0 Å². The smallest absolute Gasteiger partial charge is 0.186 e. The molecule has 2 aromatic rings. The summed E-state index contributed by atoms with van der Waals surface area (Å²) in [6.45, 7) is 4.20. The number of hydrogen-bond donors (Lipinski definition) is 1. The SMILES string of the molecule is Cn1cc(-c2ccnc(N3CC4(CN5CCC4CC5)OC3N)c2)cn1. The predicted octanol–water partition coefficient (Wildman–Crippen LogP) is 1.03. The lowest BCUT2D eigenvalue weighted by atomic mass is 9.75. The molecule has 4 saturated heterocycles. The van der Waals surface area contributed by atoms with Crippen LogP contribution in [0.3, 0.4) is 0 Å². The molecule has 25 heavy (non-hydrogen) atoms. The van der Waals surface area contributed by atoms with Gasteiger partial charge >= 0.3 is 0 Å². The number of piperidine rings is 3. The molecule has 6 rings (SSSR count). The van der Waals surface area contributed by atoms with Crippen LogP contribution in [0, 0.1) is 5.92 Å². The number of aromatic nitrogens is 3. The summed E-state index contributed by atoms with van der Waals surface area (Å²) in [5, 5.41) is 4.26. The van der Waals surface area contributed by atoms with Crippen LogP contribution in [0.5, 0.6) is 0 Å². The Morgan fingerprint density at radius 3 is 2.76 bits per heavy atom. The van der Waals surface area contributed by atoms with Gasteiger partial charge in [-0.05, 0) is 49.5 Å². The van der Waals surface area contributed by atoms with Crippen LogP contribution in [0.15, 0.2) is 30.7 Å². The first-order chi connectivity index (χ1) is 12.1. The maximum atomic E-state index is 6.37. The Hall–Kier alpha value is -1.96. The molecule has 2 bridgehead atoms. The lowest BCUT2D eigenvalue weighted by molar-refractivity contribution is -0.137. The minimum atomic E-state index is -0.433. The van der Waals surface area contributed by atoms with Crippen LogP contribution in [0.1, 0.15) is 12.8 Å². The summed E-state index contributed by atoms with van der Waals surface area (Å²) in [5.41, 5.74) is 8.41. The zero-order valence-corrected chi connectivity index (χ0v) is 14.5. The van der Waals surface area contributed by atoms with Gasteiger partial charge in [-0.2, -0.15) is 5.10 Å². The summed E-state index contributed by atoms with van der Waals surface area (Å²) in [5.74, 6) is 1.48. The number of anilines is 1. The van der Waals surface area contributed by atoms with Crippen LogP contribution >= 0.6 is 0 Å². The van der Waals surface area contributed by atoms with E-state index in [9.17, 15) is 0 Å². The number of ether oxygens (including phenoxy) is 1.